The zero-order valence-corrected chi connectivity index (χ0v) is 17.8. The van der Waals surface area contributed by atoms with Gasteiger partial charge in [-0.3, -0.25) is 9.59 Å². The molecule has 2 atom stereocenters. The van der Waals surface area contributed by atoms with Gasteiger partial charge in [0.2, 0.25) is 11.8 Å². The Morgan fingerprint density at radius 1 is 0.871 bits per heavy atom. The molecule has 2 amide bonds. The molecule has 0 radical (unpaired) electrons. The maximum Gasteiger partial charge on any atom is 0.239 e. The second kappa shape index (κ2) is 6.42. The van der Waals surface area contributed by atoms with Crippen LogP contribution in [-0.2, 0) is 15.0 Å². The number of anilines is 1. The van der Waals surface area contributed by atoms with Gasteiger partial charge in [-0.05, 0) is 40.5 Å². The van der Waals surface area contributed by atoms with Crippen LogP contribution in [0.15, 0.2) is 66.7 Å². The van der Waals surface area contributed by atoms with E-state index in [1.165, 1.54) is 11.0 Å². The van der Waals surface area contributed by atoms with Crippen molar-refractivity contribution in [2.45, 2.75) is 11.3 Å². The average molecular weight is 450 g/mol. The summed E-state index contributed by atoms with van der Waals surface area (Å²) in [6, 6.07) is 20.4. The van der Waals surface area contributed by atoms with Crippen molar-refractivity contribution in [3.05, 3.63) is 99.0 Å². The molecule has 154 valence electrons. The SMILES string of the molecule is O=C1C2C3c4ccccc4C(CO)(c4ccccc43)C2C(=O)N1c1ccc(Cl)cc1Cl. The molecule has 31 heavy (non-hydrogen) atoms. The van der Waals surface area contributed by atoms with Crippen LogP contribution in [0, 0.1) is 11.8 Å². The molecule has 3 aromatic carbocycles. The second-order valence-corrected chi connectivity index (χ2v) is 9.24. The first-order valence-electron chi connectivity index (χ1n) is 10.1. The normalized spacial score (nSPS) is 27.8. The van der Waals surface area contributed by atoms with Crippen LogP contribution in [0.25, 0.3) is 0 Å². The summed E-state index contributed by atoms with van der Waals surface area (Å²) in [6.45, 7) is -0.268. The van der Waals surface area contributed by atoms with Crippen molar-refractivity contribution in [2.75, 3.05) is 11.5 Å². The lowest BCUT2D eigenvalue weighted by atomic mass is 9.47. The van der Waals surface area contributed by atoms with Gasteiger partial charge in [0.05, 0.1) is 34.6 Å². The van der Waals surface area contributed by atoms with E-state index in [4.69, 9.17) is 23.2 Å². The molecule has 2 unspecified atom stereocenters. The first-order chi connectivity index (χ1) is 15.0. The molecule has 1 fully saturated rings. The minimum atomic E-state index is -0.979. The van der Waals surface area contributed by atoms with E-state index in [2.05, 4.69) is 0 Å². The number of aliphatic hydroxyl groups excluding tert-OH is 1. The lowest BCUT2D eigenvalue weighted by molar-refractivity contribution is -0.124. The van der Waals surface area contributed by atoms with E-state index in [-0.39, 0.29) is 29.4 Å². The molecule has 0 spiro atoms. The molecule has 3 aromatic rings. The lowest BCUT2D eigenvalue weighted by Crippen LogP contribution is -2.55. The monoisotopic (exact) mass is 449 g/mol. The number of imide groups is 1. The molecule has 1 N–H and O–H groups in total. The number of nitrogens with zero attached hydrogens (tertiary/aromatic N) is 1. The summed E-state index contributed by atoms with van der Waals surface area (Å²) in [4.78, 5) is 28.8. The van der Waals surface area contributed by atoms with Gasteiger partial charge in [0.25, 0.3) is 0 Å². The summed E-state index contributed by atoms with van der Waals surface area (Å²) >= 11 is 12.4. The number of aliphatic hydroxyl groups is 1. The number of carbonyl (C=O) groups excluding carboxylic acids is 2. The van der Waals surface area contributed by atoms with Crippen LogP contribution in [-0.4, -0.2) is 23.5 Å². The number of carbonyl (C=O) groups is 2. The zero-order chi connectivity index (χ0) is 21.5. The van der Waals surface area contributed by atoms with E-state index in [1.54, 1.807) is 12.1 Å². The van der Waals surface area contributed by atoms with Gasteiger partial charge in [-0.25, -0.2) is 4.90 Å². The van der Waals surface area contributed by atoms with E-state index in [1.807, 2.05) is 48.5 Å². The Morgan fingerprint density at radius 3 is 2.06 bits per heavy atom. The van der Waals surface area contributed by atoms with Crippen molar-refractivity contribution < 1.29 is 14.7 Å². The van der Waals surface area contributed by atoms with Crippen LogP contribution in [0.3, 0.4) is 0 Å². The molecular weight excluding hydrogens is 433 g/mol. The number of amides is 2. The second-order valence-electron chi connectivity index (χ2n) is 8.39. The molecule has 7 rings (SSSR count). The maximum atomic E-state index is 13.9. The van der Waals surface area contributed by atoms with E-state index in [0.29, 0.717) is 10.7 Å². The summed E-state index contributed by atoms with van der Waals surface area (Å²) < 4.78 is 0. The third-order valence-electron chi connectivity index (χ3n) is 7.19. The Kier molecular flexibility index (Phi) is 3.95. The molecule has 0 saturated carbocycles. The van der Waals surface area contributed by atoms with Gasteiger partial charge < -0.3 is 5.11 Å². The fraction of sp³-hybridized carbons (Fsp3) is 0.200. The number of rotatable bonds is 2. The zero-order valence-electron chi connectivity index (χ0n) is 16.3. The number of benzene rings is 3. The van der Waals surface area contributed by atoms with Gasteiger partial charge in [-0.15, -0.1) is 0 Å². The standard InChI is InChI=1S/C25H17Cl2NO3/c26-13-9-10-19(18(27)11-13)28-23(30)21-20-14-5-1-3-7-16(14)25(12-29,22(21)24(28)31)17-8-4-2-6-15(17)20/h1-11,20-22,29H,12H2. The maximum absolute atomic E-state index is 13.9. The topological polar surface area (TPSA) is 57.6 Å². The Hall–Kier alpha value is -2.66. The smallest absolute Gasteiger partial charge is 0.239 e. The number of hydrogen-bond donors (Lipinski definition) is 1. The summed E-state index contributed by atoms with van der Waals surface area (Å²) in [7, 11) is 0. The molecule has 0 aromatic heterocycles. The molecule has 1 aliphatic heterocycles. The third kappa shape index (κ3) is 2.20. The molecule has 4 nitrogen and oxygen atoms in total. The van der Waals surface area contributed by atoms with Crippen LogP contribution < -0.4 is 4.90 Å². The molecule has 1 saturated heterocycles. The quantitative estimate of drug-likeness (QED) is 0.584. The average Bonchev–Trinajstić information content (AvgIpc) is 3.05. The van der Waals surface area contributed by atoms with Gasteiger partial charge in [0.1, 0.15) is 0 Å². The van der Waals surface area contributed by atoms with Crippen molar-refractivity contribution in [1.29, 1.82) is 0 Å². The Bertz CT molecular complexity index is 1240. The van der Waals surface area contributed by atoms with Crippen LogP contribution in [0.2, 0.25) is 10.0 Å². The van der Waals surface area contributed by atoms with Crippen molar-refractivity contribution in [3.63, 3.8) is 0 Å². The summed E-state index contributed by atoms with van der Waals surface area (Å²) in [5, 5.41) is 11.5. The van der Waals surface area contributed by atoms with E-state index in [9.17, 15) is 14.7 Å². The van der Waals surface area contributed by atoms with Crippen LogP contribution in [0.4, 0.5) is 5.69 Å². The van der Waals surface area contributed by atoms with Crippen molar-refractivity contribution in [2.24, 2.45) is 11.8 Å². The Balaban J connectivity index is 1.64. The molecule has 3 aliphatic carbocycles. The molecule has 2 bridgehead atoms. The fourth-order valence-electron chi connectivity index (χ4n) is 6.10. The first-order valence-corrected chi connectivity index (χ1v) is 10.9. The highest BCUT2D eigenvalue weighted by Gasteiger charge is 2.68. The van der Waals surface area contributed by atoms with E-state index >= 15 is 0 Å². The van der Waals surface area contributed by atoms with E-state index in [0.717, 1.165) is 22.3 Å². The summed E-state index contributed by atoms with van der Waals surface area (Å²) in [5.41, 5.74) is 3.20. The van der Waals surface area contributed by atoms with Crippen LogP contribution in [0.5, 0.6) is 0 Å². The van der Waals surface area contributed by atoms with E-state index < -0.39 is 17.3 Å². The van der Waals surface area contributed by atoms with Gasteiger partial charge in [-0.1, -0.05) is 71.7 Å². The van der Waals surface area contributed by atoms with Crippen LogP contribution in [0.1, 0.15) is 28.2 Å². The van der Waals surface area contributed by atoms with Crippen molar-refractivity contribution in [1.82, 2.24) is 0 Å². The van der Waals surface area contributed by atoms with Gasteiger partial charge in [0, 0.05) is 10.9 Å². The highest BCUT2D eigenvalue weighted by Crippen LogP contribution is 2.64. The minimum absolute atomic E-state index is 0.244. The minimum Gasteiger partial charge on any atom is -0.395 e. The lowest BCUT2D eigenvalue weighted by Gasteiger charge is -2.53. The Labute approximate surface area is 189 Å². The largest absolute Gasteiger partial charge is 0.395 e. The van der Waals surface area contributed by atoms with Gasteiger partial charge in [-0.2, -0.15) is 0 Å². The van der Waals surface area contributed by atoms with Gasteiger partial charge >= 0.3 is 0 Å². The molecule has 1 heterocycles. The van der Waals surface area contributed by atoms with Crippen molar-refractivity contribution >= 4 is 40.7 Å². The van der Waals surface area contributed by atoms with Crippen molar-refractivity contribution in [3.8, 4) is 0 Å². The van der Waals surface area contributed by atoms with Gasteiger partial charge in [0.15, 0.2) is 0 Å². The predicted molar refractivity (Wildman–Crippen MR) is 119 cm³/mol. The molecule has 4 aliphatic rings. The summed E-state index contributed by atoms with van der Waals surface area (Å²) in [5.74, 6) is -2.17. The van der Waals surface area contributed by atoms with Crippen LogP contribution >= 0.6 is 23.2 Å². The highest BCUT2D eigenvalue weighted by atomic mass is 35.5. The summed E-state index contributed by atoms with van der Waals surface area (Å²) in [6.07, 6.45) is 0. The number of hydrogen-bond acceptors (Lipinski definition) is 3. The molecule has 6 heteroatoms. The number of halogens is 2. The third-order valence-corrected chi connectivity index (χ3v) is 7.73. The molecular formula is C25H17Cl2NO3. The first kappa shape index (κ1) is 19.1. The highest BCUT2D eigenvalue weighted by molar-refractivity contribution is 6.38. The predicted octanol–water partition coefficient (Wildman–Crippen LogP) is 4.54. The Morgan fingerprint density at radius 2 is 1.48 bits per heavy atom. The fourth-order valence-corrected chi connectivity index (χ4v) is 6.59.